The lowest BCUT2D eigenvalue weighted by Crippen LogP contribution is -2.38. The van der Waals surface area contributed by atoms with Crippen LogP contribution >= 0.6 is 0 Å². The van der Waals surface area contributed by atoms with Gasteiger partial charge in [0.05, 0.1) is 19.2 Å². The van der Waals surface area contributed by atoms with Gasteiger partial charge in [0.2, 0.25) is 0 Å². The normalized spacial score (nSPS) is 33.0. The molecule has 0 aromatic carbocycles. The lowest BCUT2D eigenvalue weighted by molar-refractivity contribution is 0.0118. The van der Waals surface area contributed by atoms with Crippen LogP contribution in [0.3, 0.4) is 0 Å². The summed E-state index contributed by atoms with van der Waals surface area (Å²) in [5, 5.41) is 9.50. The molecule has 0 aliphatic carbocycles. The molecule has 60 valence electrons. The summed E-state index contributed by atoms with van der Waals surface area (Å²) in [4.78, 5) is 0. The number of halogens is 2. The first-order valence-electron chi connectivity index (χ1n) is 3.05. The Morgan fingerprint density at radius 3 is 2.50 bits per heavy atom. The smallest absolute Gasteiger partial charge is 0.263 e. The SMILES string of the molecule is NN1CC(F)(F)C[C@H]1CO. The Bertz CT molecular complexity index is 131. The van der Waals surface area contributed by atoms with E-state index < -0.39 is 18.5 Å². The van der Waals surface area contributed by atoms with Crippen LogP contribution in [0.4, 0.5) is 8.78 Å². The van der Waals surface area contributed by atoms with Crippen LogP contribution in [-0.4, -0.2) is 35.2 Å². The molecule has 3 N–H and O–H groups in total. The van der Waals surface area contributed by atoms with Crippen LogP contribution in [0.5, 0.6) is 0 Å². The van der Waals surface area contributed by atoms with Gasteiger partial charge in [0.1, 0.15) is 0 Å². The molecule has 0 spiro atoms. The van der Waals surface area contributed by atoms with E-state index in [9.17, 15) is 8.78 Å². The van der Waals surface area contributed by atoms with Gasteiger partial charge >= 0.3 is 0 Å². The molecule has 0 amide bonds. The van der Waals surface area contributed by atoms with Gasteiger partial charge < -0.3 is 5.11 Å². The van der Waals surface area contributed by atoms with Gasteiger partial charge in [0, 0.05) is 6.42 Å². The summed E-state index contributed by atoms with van der Waals surface area (Å²) in [6.45, 7) is -0.746. The zero-order valence-corrected chi connectivity index (χ0v) is 5.43. The fourth-order valence-corrected chi connectivity index (χ4v) is 1.09. The third-order valence-electron chi connectivity index (χ3n) is 1.63. The van der Waals surface area contributed by atoms with Crippen LogP contribution in [0.15, 0.2) is 0 Å². The molecule has 1 heterocycles. The first-order valence-corrected chi connectivity index (χ1v) is 3.05. The number of aliphatic hydroxyl groups excluding tert-OH is 1. The van der Waals surface area contributed by atoms with Crippen molar-refractivity contribution in [2.24, 2.45) is 5.84 Å². The number of nitrogens with zero attached hydrogens (tertiary/aromatic N) is 1. The predicted octanol–water partition coefficient (Wildman–Crippen LogP) is -0.438. The lowest BCUT2D eigenvalue weighted by atomic mass is 10.2. The predicted molar refractivity (Wildman–Crippen MR) is 31.3 cm³/mol. The van der Waals surface area contributed by atoms with Crippen molar-refractivity contribution >= 4 is 0 Å². The summed E-state index contributed by atoms with van der Waals surface area (Å²) in [5.74, 6) is 2.44. The number of alkyl halides is 2. The maximum absolute atomic E-state index is 12.4. The molecule has 0 bridgehead atoms. The maximum atomic E-state index is 12.4. The summed E-state index contributed by atoms with van der Waals surface area (Å²) in [6, 6.07) is -0.574. The minimum absolute atomic E-state index is 0.300. The molecule has 1 saturated heterocycles. The average Bonchev–Trinajstić information content (AvgIpc) is 2.05. The van der Waals surface area contributed by atoms with Crippen LogP contribution in [0, 0.1) is 0 Å². The monoisotopic (exact) mass is 152 g/mol. The quantitative estimate of drug-likeness (QED) is 0.501. The number of rotatable bonds is 1. The van der Waals surface area contributed by atoms with Crippen molar-refractivity contribution in [1.82, 2.24) is 5.01 Å². The largest absolute Gasteiger partial charge is 0.395 e. The molecule has 1 aliphatic heterocycles. The van der Waals surface area contributed by atoms with Crippen molar-refractivity contribution in [3.05, 3.63) is 0 Å². The average molecular weight is 152 g/mol. The van der Waals surface area contributed by atoms with Gasteiger partial charge in [-0.1, -0.05) is 0 Å². The molecule has 1 atom stereocenters. The molecule has 1 fully saturated rings. The van der Waals surface area contributed by atoms with Gasteiger partial charge in [-0.3, -0.25) is 5.84 Å². The Hall–Kier alpha value is -0.260. The van der Waals surface area contributed by atoms with Crippen LogP contribution in [0.2, 0.25) is 0 Å². The Morgan fingerprint density at radius 2 is 2.30 bits per heavy atom. The molecule has 1 rings (SSSR count). The van der Waals surface area contributed by atoms with Crippen molar-refractivity contribution in [2.45, 2.75) is 18.4 Å². The second-order valence-corrected chi connectivity index (χ2v) is 2.57. The highest BCUT2D eigenvalue weighted by atomic mass is 19.3. The van der Waals surface area contributed by atoms with E-state index >= 15 is 0 Å². The fourth-order valence-electron chi connectivity index (χ4n) is 1.09. The number of hydrogen-bond donors (Lipinski definition) is 2. The molecule has 0 aromatic heterocycles. The lowest BCUT2D eigenvalue weighted by Gasteiger charge is -2.13. The van der Waals surface area contributed by atoms with Crippen molar-refractivity contribution in [1.29, 1.82) is 0 Å². The van der Waals surface area contributed by atoms with Crippen molar-refractivity contribution < 1.29 is 13.9 Å². The van der Waals surface area contributed by atoms with Gasteiger partial charge in [-0.25, -0.2) is 13.8 Å². The van der Waals surface area contributed by atoms with Crippen molar-refractivity contribution in [3.63, 3.8) is 0 Å². The van der Waals surface area contributed by atoms with Gasteiger partial charge in [-0.05, 0) is 0 Å². The number of hydrazine groups is 1. The summed E-state index contributed by atoms with van der Waals surface area (Å²) in [5.41, 5.74) is 0. The van der Waals surface area contributed by atoms with Crippen molar-refractivity contribution in [3.8, 4) is 0 Å². The van der Waals surface area contributed by atoms with Crippen LogP contribution < -0.4 is 5.84 Å². The first-order chi connectivity index (χ1) is 4.55. The van der Waals surface area contributed by atoms with E-state index in [0.29, 0.717) is 0 Å². The van der Waals surface area contributed by atoms with E-state index in [2.05, 4.69) is 0 Å². The molecule has 3 nitrogen and oxygen atoms in total. The van der Waals surface area contributed by atoms with Crippen LogP contribution in [-0.2, 0) is 0 Å². The Balaban J connectivity index is 2.52. The highest BCUT2D eigenvalue weighted by molar-refractivity contribution is 4.86. The van der Waals surface area contributed by atoms with Gasteiger partial charge in [-0.2, -0.15) is 0 Å². The minimum Gasteiger partial charge on any atom is -0.395 e. The van der Waals surface area contributed by atoms with E-state index in [1.165, 1.54) is 0 Å². The van der Waals surface area contributed by atoms with Crippen molar-refractivity contribution in [2.75, 3.05) is 13.2 Å². The maximum Gasteiger partial charge on any atom is 0.263 e. The van der Waals surface area contributed by atoms with E-state index in [1.54, 1.807) is 0 Å². The number of nitrogens with two attached hydrogens (primary N) is 1. The van der Waals surface area contributed by atoms with Gasteiger partial charge in [0.15, 0.2) is 0 Å². The second kappa shape index (κ2) is 2.41. The van der Waals surface area contributed by atoms with E-state index in [-0.39, 0.29) is 13.0 Å². The topological polar surface area (TPSA) is 49.5 Å². The summed E-state index contributed by atoms with van der Waals surface area (Å²) >= 11 is 0. The Labute approximate surface area is 57.4 Å². The highest BCUT2D eigenvalue weighted by Gasteiger charge is 2.43. The molecule has 0 aromatic rings. The second-order valence-electron chi connectivity index (χ2n) is 2.57. The zero-order valence-electron chi connectivity index (χ0n) is 5.43. The molecule has 1 aliphatic rings. The first kappa shape index (κ1) is 7.84. The van der Waals surface area contributed by atoms with Crippen LogP contribution in [0.1, 0.15) is 6.42 Å². The number of hydrogen-bond acceptors (Lipinski definition) is 3. The number of aliphatic hydroxyl groups is 1. The molecule has 5 heteroatoms. The zero-order chi connectivity index (χ0) is 7.78. The summed E-state index contributed by atoms with van der Waals surface area (Å²) in [6.07, 6.45) is -0.333. The molecule has 0 saturated carbocycles. The molecular weight excluding hydrogens is 142 g/mol. The Kier molecular flexibility index (Phi) is 1.89. The van der Waals surface area contributed by atoms with E-state index in [4.69, 9.17) is 10.9 Å². The molecule has 0 radical (unpaired) electrons. The third-order valence-corrected chi connectivity index (χ3v) is 1.63. The minimum atomic E-state index is -2.72. The van der Waals surface area contributed by atoms with E-state index in [0.717, 1.165) is 5.01 Å². The summed E-state index contributed by atoms with van der Waals surface area (Å²) < 4.78 is 24.8. The fraction of sp³-hybridized carbons (Fsp3) is 1.00. The molecular formula is C5H10F2N2O. The Morgan fingerprint density at radius 1 is 1.70 bits per heavy atom. The van der Waals surface area contributed by atoms with Gasteiger partial charge in [-0.15, -0.1) is 0 Å². The summed E-state index contributed by atoms with van der Waals surface area (Å²) in [7, 11) is 0. The van der Waals surface area contributed by atoms with Crippen LogP contribution in [0.25, 0.3) is 0 Å². The molecule has 10 heavy (non-hydrogen) atoms. The third kappa shape index (κ3) is 1.42. The molecule has 0 unspecified atom stereocenters. The standard InChI is InChI=1S/C5H10F2N2O/c6-5(7)1-4(2-10)9(8)3-5/h4,10H,1-3,8H2/t4-/m0/s1. The van der Waals surface area contributed by atoms with E-state index in [1.807, 2.05) is 0 Å². The highest BCUT2D eigenvalue weighted by Crippen LogP contribution is 2.29. The van der Waals surface area contributed by atoms with Gasteiger partial charge in [0.25, 0.3) is 5.92 Å².